The molecule has 0 amide bonds. The summed E-state index contributed by atoms with van der Waals surface area (Å²) in [6, 6.07) is 16.7. The average Bonchev–Trinajstić information content (AvgIpc) is 2.47. The molecule has 0 aliphatic carbocycles. The van der Waals surface area contributed by atoms with Crippen molar-refractivity contribution in [3.05, 3.63) is 60.6 Å². The van der Waals surface area contributed by atoms with Gasteiger partial charge in [0.05, 0.1) is 5.69 Å². The number of fused-ring (bicyclic) bond motifs is 1. The van der Waals surface area contributed by atoms with Crippen molar-refractivity contribution in [2.75, 3.05) is 5.75 Å². The highest BCUT2D eigenvalue weighted by molar-refractivity contribution is 7.80. The first-order chi connectivity index (χ1) is 9.36. The Morgan fingerprint density at radius 1 is 0.947 bits per heavy atom. The van der Waals surface area contributed by atoms with E-state index in [-0.39, 0.29) is 0 Å². The zero-order valence-corrected chi connectivity index (χ0v) is 11.3. The van der Waals surface area contributed by atoms with Gasteiger partial charge in [0.2, 0.25) is 0 Å². The van der Waals surface area contributed by atoms with E-state index in [0.717, 1.165) is 29.3 Å². The SMILES string of the molecule is SCCc1nccc(-c2ccc3ccccc3c2)n1. The van der Waals surface area contributed by atoms with Crippen LogP contribution in [0.4, 0.5) is 0 Å². The lowest BCUT2D eigenvalue weighted by Crippen LogP contribution is -1.97. The van der Waals surface area contributed by atoms with E-state index < -0.39 is 0 Å². The van der Waals surface area contributed by atoms with Crippen LogP contribution in [0.15, 0.2) is 54.7 Å². The van der Waals surface area contributed by atoms with Crippen molar-refractivity contribution in [3.63, 3.8) is 0 Å². The van der Waals surface area contributed by atoms with E-state index in [1.807, 2.05) is 12.3 Å². The first-order valence-electron chi connectivity index (χ1n) is 6.29. The third-order valence-corrected chi connectivity index (χ3v) is 3.31. The molecule has 0 radical (unpaired) electrons. The van der Waals surface area contributed by atoms with E-state index in [2.05, 4.69) is 65.1 Å². The van der Waals surface area contributed by atoms with E-state index in [4.69, 9.17) is 0 Å². The summed E-state index contributed by atoms with van der Waals surface area (Å²) in [6.45, 7) is 0. The van der Waals surface area contributed by atoms with Crippen LogP contribution in [0.2, 0.25) is 0 Å². The fourth-order valence-electron chi connectivity index (χ4n) is 2.13. The summed E-state index contributed by atoms with van der Waals surface area (Å²) in [5.74, 6) is 1.61. The van der Waals surface area contributed by atoms with Crippen LogP contribution in [-0.2, 0) is 6.42 Å². The quantitative estimate of drug-likeness (QED) is 0.730. The van der Waals surface area contributed by atoms with E-state index in [1.54, 1.807) is 0 Å². The van der Waals surface area contributed by atoms with E-state index in [1.165, 1.54) is 10.8 Å². The van der Waals surface area contributed by atoms with Crippen LogP contribution in [0.3, 0.4) is 0 Å². The largest absolute Gasteiger partial charge is 0.241 e. The van der Waals surface area contributed by atoms with Gasteiger partial charge in [-0.25, -0.2) is 9.97 Å². The van der Waals surface area contributed by atoms with E-state index in [9.17, 15) is 0 Å². The van der Waals surface area contributed by atoms with Crippen molar-refractivity contribution >= 4 is 23.4 Å². The molecular formula is C16H14N2S. The van der Waals surface area contributed by atoms with E-state index in [0.29, 0.717) is 0 Å². The summed E-state index contributed by atoms with van der Waals surface area (Å²) in [6.07, 6.45) is 2.61. The molecule has 3 aromatic rings. The van der Waals surface area contributed by atoms with Gasteiger partial charge >= 0.3 is 0 Å². The van der Waals surface area contributed by atoms with Gasteiger partial charge in [-0.15, -0.1) is 0 Å². The number of rotatable bonds is 3. The highest BCUT2D eigenvalue weighted by atomic mass is 32.1. The molecule has 0 spiro atoms. The van der Waals surface area contributed by atoms with Gasteiger partial charge in [-0.2, -0.15) is 12.6 Å². The molecule has 0 atom stereocenters. The lowest BCUT2D eigenvalue weighted by atomic mass is 10.1. The van der Waals surface area contributed by atoms with Crippen LogP contribution >= 0.6 is 12.6 Å². The monoisotopic (exact) mass is 266 g/mol. The number of aryl methyl sites for hydroxylation is 1. The van der Waals surface area contributed by atoms with Gasteiger partial charge in [-0.3, -0.25) is 0 Å². The Bertz CT molecular complexity index is 710. The maximum atomic E-state index is 4.58. The Morgan fingerprint density at radius 2 is 1.79 bits per heavy atom. The summed E-state index contributed by atoms with van der Waals surface area (Å²) >= 11 is 4.22. The molecule has 1 heterocycles. The minimum Gasteiger partial charge on any atom is -0.241 e. The molecule has 0 saturated carbocycles. The predicted molar refractivity (Wildman–Crippen MR) is 82.5 cm³/mol. The minimum atomic E-state index is 0.765. The number of benzene rings is 2. The first kappa shape index (κ1) is 12.2. The van der Waals surface area contributed by atoms with Crippen LogP contribution in [0.25, 0.3) is 22.0 Å². The van der Waals surface area contributed by atoms with Gasteiger partial charge in [0.25, 0.3) is 0 Å². The van der Waals surface area contributed by atoms with Crippen LogP contribution in [0.5, 0.6) is 0 Å². The van der Waals surface area contributed by atoms with Crippen molar-refractivity contribution < 1.29 is 0 Å². The van der Waals surface area contributed by atoms with Gasteiger partial charge in [-0.05, 0) is 28.7 Å². The second kappa shape index (κ2) is 5.41. The van der Waals surface area contributed by atoms with Crippen LogP contribution in [0, 0.1) is 0 Å². The molecule has 0 saturated heterocycles. The Morgan fingerprint density at radius 3 is 2.63 bits per heavy atom. The van der Waals surface area contributed by atoms with Crippen LogP contribution in [-0.4, -0.2) is 15.7 Å². The van der Waals surface area contributed by atoms with Crippen molar-refractivity contribution in [2.24, 2.45) is 0 Å². The Hall–Kier alpha value is -1.87. The molecule has 0 aliphatic heterocycles. The minimum absolute atomic E-state index is 0.765. The maximum Gasteiger partial charge on any atom is 0.129 e. The second-order valence-electron chi connectivity index (χ2n) is 4.39. The highest BCUT2D eigenvalue weighted by Crippen LogP contribution is 2.22. The lowest BCUT2D eigenvalue weighted by molar-refractivity contribution is 0.953. The molecule has 1 aromatic heterocycles. The third-order valence-electron chi connectivity index (χ3n) is 3.09. The summed E-state index contributed by atoms with van der Waals surface area (Å²) < 4.78 is 0. The standard InChI is InChI=1S/C16H14N2S/c19-10-8-16-17-9-7-15(18-16)14-6-5-12-3-1-2-4-13(12)11-14/h1-7,9,11,19H,8,10H2. The molecule has 0 bridgehead atoms. The fraction of sp³-hybridized carbons (Fsp3) is 0.125. The smallest absolute Gasteiger partial charge is 0.129 e. The lowest BCUT2D eigenvalue weighted by Gasteiger charge is -2.05. The number of aromatic nitrogens is 2. The molecule has 0 aliphatic rings. The van der Waals surface area contributed by atoms with Crippen LogP contribution in [0.1, 0.15) is 5.82 Å². The molecule has 3 heteroatoms. The number of nitrogens with zero attached hydrogens (tertiary/aromatic N) is 2. The second-order valence-corrected chi connectivity index (χ2v) is 4.84. The Kier molecular flexibility index (Phi) is 3.47. The summed E-state index contributed by atoms with van der Waals surface area (Å²) in [4.78, 5) is 8.84. The number of thiol groups is 1. The zero-order valence-electron chi connectivity index (χ0n) is 10.5. The van der Waals surface area contributed by atoms with Gasteiger partial charge in [0.15, 0.2) is 0 Å². The third kappa shape index (κ3) is 2.61. The van der Waals surface area contributed by atoms with Gasteiger partial charge in [0, 0.05) is 18.2 Å². The zero-order chi connectivity index (χ0) is 13.1. The van der Waals surface area contributed by atoms with Gasteiger partial charge in [-0.1, -0.05) is 36.4 Å². The summed E-state index contributed by atoms with van der Waals surface area (Å²) in [5, 5.41) is 2.48. The molecule has 2 aromatic carbocycles. The van der Waals surface area contributed by atoms with Crippen molar-refractivity contribution in [2.45, 2.75) is 6.42 Å². The first-order valence-corrected chi connectivity index (χ1v) is 6.92. The highest BCUT2D eigenvalue weighted by Gasteiger charge is 2.03. The average molecular weight is 266 g/mol. The summed E-state index contributed by atoms with van der Waals surface area (Å²) in [5.41, 5.74) is 2.10. The van der Waals surface area contributed by atoms with Crippen molar-refractivity contribution in [1.29, 1.82) is 0 Å². The van der Waals surface area contributed by atoms with Crippen molar-refractivity contribution in [3.8, 4) is 11.3 Å². The Labute approximate surface area is 117 Å². The molecule has 2 nitrogen and oxygen atoms in total. The van der Waals surface area contributed by atoms with E-state index >= 15 is 0 Å². The normalized spacial score (nSPS) is 10.8. The topological polar surface area (TPSA) is 25.8 Å². The van der Waals surface area contributed by atoms with Gasteiger partial charge in [0.1, 0.15) is 5.82 Å². The number of hydrogen-bond donors (Lipinski definition) is 1. The van der Waals surface area contributed by atoms with Gasteiger partial charge < -0.3 is 0 Å². The predicted octanol–water partition coefficient (Wildman–Crippen LogP) is 3.77. The number of hydrogen-bond acceptors (Lipinski definition) is 3. The summed E-state index contributed by atoms with van der Waals surface area (Å²) in [7, 11) is 0. The molecule has 19 heavy (non-hydrogen) atoms. The molecule has 0 N–H and O–H groups in total. The van der Waals surface area contributed by atoms with Crippen molar-refractivity contribution in [1.82, 2.24) is 9.97 Å². The fourth-order valence-corrected chi connectivity index (χ4v) is 2.33. The molecule has 0 fully saturated rings. The molecule has 3 rings (SSSR count). The Balaban J connectivity index is 2.05. The molecule has 94 valence electrons. The molecule has 0 unspecified atom stereocenters. The molecular weight excluding hydrogens is 252 g/mol. The maximum absolute atomic E-state index is 4.58. The van der Waals surface area contributed by atoms with Crippen LogP contribution < -0.4 is 0 Å².